The fourth-order valence-electron chi connectivity index (χ4n) is 1.45. The first-order valence-electron chi connectivity index (χ1n) is 5.23. The summed E-state index contributed by atoms with van der Waals surface area (Å²) in [6.45, 7) is 4.32. The van der Waals surface area contributed by atoms with Gasteiger partial charge in [0.25, 0.3) is 0 Å². The number of hydrogen-bond donors (Lipinski definition) is 1. The number of nitrogens with zero attached hydrogens (tertiary/aromatic N) is 1. The lowest BCUT2D eigenvalue weighted by molar-refractivity contribution is 0.605. The van der Waals surface area contributed by atoms with Gasteiger partial charge in [0.15, 0.2) is 5.17 Å². The topological polar surface area (TPSA) is 24.4 Å². The number of hydrogen-bond acceptors (Lipinski definition) is 4. The Morgan fingerprint density at radius 2 is 2.00 bits per heavy atom. The van der Waals surface area contributed by atoms with Gasteiger partial charge in [-0.25, -0.2) is 0 Å². The summed E-state index contributed by atoms with van der Waals surface area (Å²) in [6.07, 6.45) is 2.09. The highest BCUT2D eigenvalue weighted by molar-refractivity contribution is 8.14. The van der Waals surface area contributed by atoms with Gasteiger partial charge in [-0.1, -0.05) is 11.8 Å². The molecule has 0 unspecified atom stereocenters. The van der Waals surface area contributed by atoms with E-state index in [1.54, 1.807) is 23.5 Å². The van der Waals surface area contributed by atoms with Gasteiger partial charge >= 0.3 is 0 Å². The van der Waals surface area contributed by atoms with Crippen molar-refractivity contribution in [3.8, 4) is 0 Å². The molecule has 1 aliphatic rings. The predicted molar refractivity (Wildman–Crippen MR) is 75.8 cm³/mol. The SMILES string of the molecule is CSc1ccc(NC2=NC(C)(C)CS2)cc1. The minimum Gasteiger partial charge on any atom is -0.335 e. The molecule has 2 nitrogen and oxygen atoms in total. The number of thioether (sulfide) groups is 2. The van der Waals surface area contributed by atoms with Crippen molar-refractivity contribution in [2.24, 2.45) is 4.99 Å². The average molecular weight is 252 g/mol. The lowest BCUT2D eigenvalue weighted by Crippen LogP contribution is -2.15. The van der Waals surface area contributed by atoms with E-state index in [1.165, 1.54) is 4.90 Å². The van der Waals surface area contributed by atoms with E-state index >= 15 is 0 Å². The van der Waals surface area contributed by atoms with Gasteiger partial charge in [0.2, 0.25) is 0 Å². The predicted octanol–water partition coefficient (Wildman–Crippen LogP) is 3.70. The molecule has 1 aromatic carbocycles. The van der Waals surface area contributed by atoms with Crippen molar-refractivity contribution in [1.82, 2.24) is 0 Å². The van der Waals surface area contributed by atoms with Crippen molar-refractivity contribution in [1.29, 1.82) is 0 Å². The minimum atomic E-state index is 0.0756. The van der Waals surface area contributed by atoms with Crippen molar-refractivity contribution < 1.29 is 0 Å². The summed E-state index contributed by atoms with van der Waals surface area (Å²) in [6, 6.07) is 8.44. The van der Waals surface area contributed by atoms with Gasteiger partial charge in [-0.15, -0.1) is 11.8 Å². The van der Waals surface area contributed by atoms with Crippen LogP contribution in [0.5, 0.6) is 0 Å². The lowest BCUT2D eigenvalue weighted by Gasteiger charge is -2.09. The van der Waals surface area contributed by atoms with Crippen LogP contribution in [-0.4, -0.2) is 22.7 Å². The van der Waals surface area contributed by atoms with E-state index in [-0.39, 0.29) is 5.54 Å². The van der Waals surface area contributed by atoms with E-state index in [4.69, 9.17) is 0 Å². The van der Waals surface area contributed by atoms with Crippen LogP contribution in [0.4, 0.5) is 5.69 Å². The molecule has 1 aromatic rings. The second-order valence-electron chi connectivity index (χ2n) is 4.37. The Morgan fingerprint density at radius 3 is 2.50 bits per heavy atom. The van der Waals surface area contributed by atoms with E-state index in [2.05, 4.69) is 54.7 Å². The molecule has 0 radical (unpaired) electrons. The van der Waals surface area contributed by atoms with Gasteiger partial charge in [-0.2, -0.15) is 0 Å². The van der Waals surface area contributed by atoms with Crippen molar-refractivity contribution in [2.45, 2.75) is 24.3 Å². The van der Waals surface area contributed by atoms with Gasteiger partial charge in [0, 0.05) is 16.3 Å². The van der Waals surface area contributed by atoms with Crippen LogP contribution in [0.3, 0.4) is 0 Å². The molecule has 86 valence electrons. The van der Waals surface area contributed by atoms with Crippen molar-refractivity contribution in [2.75, 3.05) is 17.3 Å². The first-order valence-corrected chi connectivity index (χ1v) is 7.44. The van der Waals surface area contributed by atoms with Crippen LogP contribution in [0, 0.1) is 0 Å². The summed E-state index contributed by atoms with van der Waals surface area (Å²) >= 11 is 3.54. The Bertz CT molecular complexity index is 396. The molecule has 0 aromatic heterocycles. The summed E-state index contributed by atoms with van der Waals surface area (Å²) in [5, 5.41) is 4.38. The summed E-state index contributed by atoms with van der Waals surface area (Å²) in [7, 11) is 0. The van der Waals surface area contributed by atoms with E-state index in [1.807, 2.05) is 0 Å². The molecule has 0 saturated carbocycles. The van der Waals surface area contributed by atoms with Gasteiger partial charge in [-0.05, 0) is 44.4 Å². The zero-order valence-electron chi connectivity index (χ0n) is 9.78. The van der Waals surface area contributed by atoms with Crippen LogP contribution >= 0.6 is 23.5 Å². The monoisotopic (exact) mass is 252 g/mol. The molecule has 0 amide bonds. The summed E-state index contributed by atoms with van der Waals surface area (Å²) in [5.41, 5.74) is 1.19. The smallest absolute Gasteiger partial charge is 0.161 e. The first-order chi connectivity index (χ1) is 7.59. The third-order valence-corrected chi connectivity index (χ3v) is 4.37. The van der Waals surface area contributed by atoms with Crippen LogP contribution in [0.25, 0.3) is 0 Å². The fourth-order valence-corrected chi connectivity index (χ4v) is 2.91. The summed E-state index contributed by atoms with van der Waals surface area (Å²) < 4.78 is 0. The fraction of sp³-hybridized carbons (Fsp3) is 0.417. The third kappa shape index (κ3) is 2.95. The van der Waals surface area contributed by atoms with Crippen molar-refractivity contribution in [3.63, 3.8) is 0 Å². The zero-order valence-corrected chi connectivity index (χ0v) is 11.4. The molecule has 16 heavy (non-hydrogen) atoms. The highest BCUT2D eigenvalue weighted by atomic mass is 32.2. The lowest BCUT2D eigenvalue weighted by atomic mass is 10.1. The summed E-state index contributed by atoms with van der Waals surface area (Å²) in [5.74, 6) is 1.05. The van der Waals surface area contributed by atoms with E-state index in [0.717, 1.165) is 16.6 Å². The van der Waals surface area contributed by atoms with E-state index in [0.29, 0.717) is 0 Å². The standard InChI is InChI=1S/C12H16N2S2/c1-12(2)8-16-11(14-12)13-9-4-6-10(15-3)7-5-9/h4-7H,8H2,1-3H3,(H,13,14). The third-order valence-electron chi connectivity index (χ3n) is 2.31. The molecule has 0 saturated heterocycles. The normalized spacial score (nSPS) is 18.3. The Hall–Kier alpha value is -0.610. The minimum absolute atomic E-state index is 0.0756. The maximum Gasteiger partial charge on any atom is 0.161 e. The highest BCUT2D eigenvalue weighted by Gasteiger charge is 2.25. The molecule has 0 atom stereocenters. The van der Waals surface area contributed by atoms with Crippen molar-refractivity contribution >= 4 is 34.4 Å². The Morgan fingerprint density at radius 1 is 1.31 bits per heavy atom. The highest BCUT2D eigenvalue weighted by Crippen LogP contribution is 2.28. The van der Waals surface area contributed by atoms with Crippen LogP contribution in [-0.2, 0) is 0 Å². The molecule has 0 spiro atoms. The Labute approximate surface area is 105 Å². The van der Waals surface area contributed by atoms with Crippen LogP contribution in [0.1, 0.15) is 13.8 Å². The van der Waals surface area contributed by atoms with Crippen LogP contribution in [0.2, 0.25) is 0 Å². The number of anilines is 1. The van der Waals surface area contributed by atoms with Gasteiger partial charge in [0.1, 0.15) is 0 Å². The second-order valence-corrected chi connectivity index (χ2v) is 6.22. The largest absolute Gasteiger partial charge is 0.335 e. The number of amidine groups is 1. The Kier molecular flexibility index (Phi) is 3.50. The molecule has 0 bridgehead atoms. The maximum absolute atomic E-state index is 4.62. The second kappa shape index (κ2) is 4.72. The zero-order chi connectivity index (χ0) is 11.6. The average Bonchev–Trinajstić information content (AvgIpc) is 2.59. The molecular formula is C12H16N2S2. The molecule has 2 rings (SSSR count). The van der Waals surface area contributed by atoms with E-state index in [9.17, 15) is 0 Å². The number of nitrogens with one attached hydrogen (secondary N) is 1. The van der Waals surface area contributed by atoms with Crippen LogP contribution in [0.15, 0.2) is 34.2 Å². The molecule has 1 aliphatic heterocycles. The number of benzene rings is 1. The molecule has 1 heterocycles. The van der Waals surface area contributed by atoms with E-state index < -0.39 is 0 Å². The molecule has 0 fully saturated rings. The number of aliphatic imine (C=N–C) groups is 1. The Balaban J connectivity index is 2.04. The maximum atomic E-state index is 4.62. The van der Waals surface area contributed by atoms with Gasteiger partial charge in [-0.3, -0.25) is 4.99 Å². The molecule has 1 N–H and O–H groups in total. The quantitative estimate of drug-likeness (QED) is 0.812. The van der Waals surface area contributed by atoms with Crippen molar-refractivity contribution in [3.05, 3.63) is 24.3 Å². The molecular weight excluding hydrogens is 236 g/mol. The van der Waals surface area contributed by atoms with Gasteiger partial charge in [0.05, 0.1) is 5.54 Å². The molecule has 4 heteroatoms. The first kappa shape index (κ1) is 11.9. The number of rotatable bonds is 2. The van der Waals surface area contributed by atoms with Gasteiger partial charge < -0.3 is 5.32 Å². The summed E-state index contributed by atoms with van der Waals surface area (Å²) in [4.78, 5) is 5.91. The molecule has 0 aliphatic carbocycles. The van der Waals surface area contributed by atoms with Crippen LogP contribution < -0.4 is 5.32 Å².